The van der Waals surface area contributed by atoms with E-state index in [0.29, 0.717) is 50.1 Å². The van der Waals surface area contributed by atoms with Crippen molar-refractivity contribution in [1.29, 1.82) is 0 Å². The van der Waals surface area contributed by atoms with Crippen molar-refractivity contribution in [3.05, 3.63) is 212 Å². The summed E-state index contributed by atoms with van der Waals surface area (Å²) >= 11 is 0. The van der Waals surface area contributed by atoms with Crippen LogP contribution in [0.2, 0.25) is 0 Å². The van der Waals surface area contributed by atoms with E-state index >= 15 is 4.79 Å². The summed E-state index contributed by atoms with van der Waals surface area (Å²) in [6, 6.07) is 33.6. The van der Waals surface area contributed by atoms with E-state index in [1.807, 2.05) is 0 Å². The van der Waals surface area contributed by atoms with Crippen LogP contribution >= 0.6 is 0 Å². The first-order chi connectivity index (χ1) is 33.2. The fourth-order valence-electron chi connectivity index (χ4n) is 12.0. The number of carbonyl (C=O) groups is 2. The van der Waals surface area contributed by atoms with Crippen LogP contribution in [-0.2, 0) is 14.3 Å². The van der Waals surface area contributed by atoms with Crippen LogP contribution in [0.25, 0.3) is 0 Å². The number of hydrogen-bond acceptors (Lipinski definition) is 13. The third-order valence-corrected chi connectivity index (χ3v) is 14.6. The number of phenolic OH excluding ortho intramolecular Hbond substituents is 9. The Labute approximate surface area is 392 Å². The van der Waals surface area contributed by atoms with Crippen molar-refractivity contribution >= 4 is 11.6 Å². The normalized spacial score (nSPS) is 23.9. The van der Waals surface area contributed by atoms with Gasteiger partial charge in [0.2, 0.25) is 11.6 Å². The maximum Gasteiger partial charge on any atom is 0.229 e. The average Bonchev–Trinajstić information content (AvgIpc) is 3.81. The Hall–Kier alpha value is -8.84. The molecule has 13 heteroatoms. The lowest BCUT2D eigenvalue weighted by molar-refractivity contribution is -0.132. The van der Waals surface area contributed by atoms with E-state index in [9.17, 15) is 50.8 Å². The third kappa shape index (κ3) is 6.30. The Morgan fingerprint density at radius 1 is 0.362 bits per heavy atom. The first-order valence-corrected chi connectivity index (χ1v) is 22.3. The van der Waals surface area contributed by atoms with Gasteiger partial charge in [-0.15, -0.1) is 0 Å². The summed E-state index contributed by atoms with van der Waals surface area (Å²) in [6.07, 6.45) is -0.729. The fourth-order valence-corrected chi connectivity index (χ4v) is 12.0. The van der Waals surface area contributed by atoms with Gasteiger partial charge in [0.05, 0.1) is 11.8 Å². The number of ether oxygens (including phenoxy) is 2. The molecule has 0 amide bonds. The van der Waals surface area contributed by atoms with Gasteiger partial charge in [0.15, 0.2) is 0 Å². The second-order valence-corrected chi connectivity index (χ2v) is 18.3. The number of ketones is 2. The minimum Gasteiger partial charge on any atom is -0.508 e. The molecule has 8 atom stereocenters. The molecular weight excluding hydrogens is 881 g/mol. The van der Waals surface area contributed by atoms with Gasteiger partial charge >= 0.3 is 0 Å². The van der Waals surface area contributed by atoms with Gasteiger partial charge in [-0.1, -0.05) is 48.5 Å². The van der Waals surface area contributed by atoms with Crippen LogP contribution in [0.15, 0.2) is 156 Å². The molecule has 2 aliphatic heterocycles. The molecule has 1 saturated heterocycles. The highest BCUT2D eigenvalue weighted by atomic mass is 16.5. The number of allylic oxidation sites excluding steroid dienone is 3. The Balaban J connectivity index is 1.26. The van der Waals surface area contributed by atoms with Gasteiger partial charge < -0.3 is 55.4 Å². The van der Waals surface area contributed by atoms with Crippen molar-refractivity contribution in [3.8, 4) is 57.5 Å². The second-order valence-electron chi connectivity index (χ2n) is 18.3. The van der Waals surface area contributed by atoms with Gasteiger partial charge in [0, 0.05) is 75.8 Å². The molecular formula is C56H40O13. The summed E-state index contributed by atoms with van der Waals surface area (Å²) in [4.78, 5) is 30.0. The van der Waals surface area contributed by atoms with Crippen LogP contribution in [0.5, 0.6) is 57.5 Å². The van der Waals surface area contributed by atoms with Gasteiger partial charge in [0.1, 0.15) is 75.5 Å². The Kier molecular flexibility index (Phi) is 9.09. The maximum absolute atomic E-state index is 15.5. The quantitative estimate of drug-likeness (QED) is 0.0579. The zero-order valence-corrected chi connectivity index (χ0v) is 36.1. The van der Waals surface area contributed by atoms with Gasteiger partial charge in [0.25, 0.3) is 0 Å². The summed E-state index contributed by atoms with van der Waals surface area (Å²) < 4.78 is 13.5. The standard InChI is InChI=1S/C56H40O13/c57-28-9-1-24(2-10-28)43-45-35(17-32(61)20-38(45)64)49-47-37(19-34(63)22-41(47)68-55(49)26-5-13-30(59)14-6-26)48(43)52-44(25-3-11-29(58)12-4-25)46-36(18-33(62)21-39(46)65)50-51-42(23-40(66)54(67)53(51)52)69-56(50)27-7-15-31(60)16-8-27/h1-23,43-44,48-50,52,55-65H/t43-,44+,48+,49+,50+,52?,55-,56-/m0/s1. The predicted molar refractivity (Wildman–Crippen MR) is 247 cm³/mol. The van der Waals surface area contributed by atoms with E-state index in [1.165, 1.54) is 78.9 Å². The summed E-state index contributed by atoms with van der Waals surface area (Å²) in [5.74, 6) is -9.66. The van der Waals surface area contributed by atoms with Crippen LogP contribution in [0.1, 0.15) is 97.4 Å². The molecule has 13 nitrogen and oxygen atoms in total. The molecule has 0 spiro atoms. The zero-order valence-electron chi connectivity index (χ0n) is 36.1. The Bertz CT molecular complexity index is 3390. The van der Waals surface area contributed by atoms with Crippen molar-refractivity contribution in [2.45, 2.75) is 41.8 Å². The van der Waals surface area contributed by atoms with Crippen molar-refractivity contribution in [3.63, 3.8) is 0 Å². The molecule has 5 aliphatic rings. The molecule has 0 bridgehead atoms. The highest BCUT2D eigenvalue weighted by Crippen LogP contribution is 2.68. The molecule has 0 aromatic heterocycles. The smallest absolute Gasteiger partial charge is 0.229 e. The number of carbonyl (C=O) groups excluding carboxylic acids is 2. The first-order valence-electron chi connectivity index (χ1n) is 22.3. The zero-order chi connectivity index (χ0) is 47.7. The largest absolute Gasteiger partial charge is 0.508 e. The molecule has 7 aromatic rings. The summed E-state index contributed by atoms with van der Waals surface area (Å²) in [5.41, 5.74) is 4.61. The highest BCUT2D eigenvalue weighted by Gasteiger charge is 2.58. The lowest BCUT2D eigenvalue weighted by Gasteiger charge is -2.41. The van der Waals surface area contributed by atoms with E-state index < -0.39 is 59.3 Å². The Morgan fingerprint density at radius 2 is 0.783 bits per heavy atom. The van der Waals surface area contributed by atoms with E-state index in [2.05, 4.69) is 0 Å². The Morgan fingerprint density at radius 3 is 1.29 bits per heavy atom. The molecule has 69 heavy (non-hydrogen) atoms. The SMILES string of the molecule is O=C1C=C2O[C@@H](c3ccc(O)cc3)[C@H]3C2=C(C1=O)C([C@@H]1c2cc(O)cc4c2[C@@H](c2cc(O)cc(O)c2[C@@H]1c1ccc(O)cc1)[C@H](c1ccc(O)cc1)O4)[C@H](c1ccc(O)cc1)c1c(O)cc(O)cc13. The van der Waals surface area contributed by atoms with Crippen molar-refractivity contribution in [2.24, 2.45) is 5.92 Å². The number of hydrogen-bond donors (Lipinski definition) is 9. The topological polar surface area (TPSA) is 235 Å². The third-order valence-electron chi connectivity index (χ3n) is 14.6. The van der Waals surface area contributed by atoms with E-state index in [4.69, 9.17) is 9.47 Å². The van der Waals surface area contributed by atoms with E-state index in [1.54, 1.807) is 54.6 Å². The first kappa shape index (κ1) is 41.6. The number of aromatic hydroxyl groups is 9. The molecule has 12 rings (SSSR count). The molecule has 2 heterocycles. The average molecular weight is 921 g/mol. The minimum absolute atomic E-state index is 0.00131. The number of rotatable bonds is 5. The van der Waals surface area contributed by atoms with Gasteiger partial charge in [-0.05, 0) is 106 Å². The van der Waals surface area contributed by atoms with Crippen LogP contribution in [0.3, 0.4) is 0 Å². The summed E-state index contributed by atoms with van der Waals surface area (Å²) in [6.45, 7) is 0. The van der Waals surface area contributed by atoms with Gasteiger partial charge in [-0.25, -0.2) is 0 Å². The molecule has 0 saturated carbocycles. The molecule has 7 aromatic carbocycles. The lowest BCUT2D eigenvalue weighted by Crippen LogP contribution is -2.35. The molecule has 9 N–H and O–H groups in total. The van der Waals surface area contributed by atoms with Crippen molar-refractivity contribution in [1.82, 2.24) is 0 Å². The van der Waals surface area contributed by atoms with E-state index in [-0.39, 0.29) is 80.0 Å². The van der Waals surface area contributed by atoms with Crippen molar-refractivity contribution < 1.29 is 65.0 Å². The monoisotopic (exact) mass is 920 g/mol. The number of phenols is 9. The van der Waals surface area contributed by atoms with Gasteiger partial charge in [-0.2, -0.15) is 0 Å². The molecule has 0 radical (unpaired) electrons. The molecule has 1 unspecified atom stereocenters. The minimum atomic E-state index is -1.27. The van der Waals surface area contributed by atoms with Gasteiger partial charge in [-0.3, -0.25) is 9.59 Å². The van der Waals surface area contributed by atoms with Crippen LogP contribution in [0, 0.1) is 5.92 Å². The maximum atomic E-state index is 15.5. The van der Waals surface area contributed by atoms with E-state index in [0.717, 1.165) is 6.08 Å². The van der Waals surface area contributed by atoms with Crippen LogP contribution in [-0.4, -0.2) is 57.5 Å². The summed E-state index contributed by atoms with van der Waals surface area (Å²) in [7, 11) is 0. The number of benzene rings is 7. The lowest BCUT2D eigenvalue weighted by atomic mass is 9.61. The summed E-state index contributed by atoms with van der Waals surface area (Å²) in [5, 5.41) is 102. The van der Waals surface area contributed by atoms with Crippen LogP contribution < -0.4 is 4.74 Å². The van der Waals surface area contributed by atoms with Crippen molar-refractivity contribution in [2.75, 3.05) is 0 Å². The van der Waals surface area contributed by atoms with Crippen LogP contribution in [0.4, 0.5) is 0 Å². The predicted octanol–water partition coefficient (Wildman–Crippen LogP) is 9.18. The number of Topliss-reactive ketones (excluding diaryl/α,β-unsaturated/α-hetero) is 1. The molecule has 3 aliphatic carbocycles. The fraction of sp³-hybridized carbons (Fsp3) is 0.143. The highest BCUT2D eigenvalue weighted by molar-refractivity contribution is 6.49. The second kappa shape index (κ2) is 15.1. The number of fused-ring (bicyclic) bond motifs is 4. The molecule has 342 valence electrons. The molecule has 1 fully saturated rings.